The van der Waals surface area contributed by atoms with Crippen LogP contribution in [0.2, 0.25) is 0 Å². The van der Waals surface area contributed by atoms with Crippen molar-refractivity contribution in [3.63, 3.8) is 0 Å². The van der Waals surface area contributed by atoms with Crippen molar-refractivity contribution in [3.8, 4) is 0 Å². The zero-order chi connectivity index (χ0) is 45.0. The Balaban J connectivity index is 2.51. The van der Waals surface area contributed by atoms with Crippen molar-refractivity contribution in [3.05, 3.63) is 60.8 Å². The van der Waals surface area contributed by atoms with Gasteiger partial charge < -0.3 is 39.9 Å². The van der Waals surface area contributed by atoms with Gasteiger partial charge in [0.25, 0.3) is 0 Å². The summed E-state index contributed by atoms with van der Waals surface area (Å²) in [5, 5.41) is 50.1. The van der Waals surface area contributed by atoms with Gasteiger partial charge in [-0.15, -0.1) is 0 Å². The summed E-state index contributed by atoms with van der Waals surface area (Å²) in [7, 11) is -5.13. The minimum atomic E-state index is -5.13. The van der Waals surface area contributed by atoms with Gasteiger partial charge in [-0.3, -0.25) is 18.6 Å². The highest BCUT2D eigenvalue weighted by Gasteiger charge is 2.51. The molecule has 0 amide bonds. The molecule has 0 radical (unpaired) electrons. The van der Waals surface area contributed by atoms with E-state index < -0.39 is 75.7 Å². The van der Waals surface area contributed by atoms with E-state index in [9.17, 15) is 44.6 Å². The second-order valence-corrected chi connectivity index (χ2v) is 17.3. The number of hydrogen-bond acceptors (Lipinski definition) is 12. The zero-order valence-electron chi connectivity index (χ0n) is 37.2. The number of carbonyl (C=O) groups is 2. The topological polar surface area (TPSA) is 210 Å². The van der Waals surface area contributed by atoms with Gasteiger partial charge in [0.05, 0.1) is 6.61 Å². The van der Waals surface area contributed by atoms with Crippen LogP contribution in [0.15, 0.2) is 60.8 Å². The van der Waals surface area contributed by atoms with Gasteiger partial charge in [0.1, 0.15) is 43.2 Å². The van der Waals surface area contributed by atoms with Crippen LogP contribution in [-0.4, -0.2) is 98.3 Å². The van der Waals surface area contributed by atoms with Crippen LogP contribution in [-0.2, 0) is 32.7 Å². The third-order valence-corrected chi connectivity index (χ3v) is 11.3. The van der Waals surface area contributed by atoms with E-state index in [0.29, 0.717) is 19.3 Å². The number of phosphoric ester groups is 1. The lowest BCUT2D eigenvalue weighted by molar-refractivity contribution is -0.220. The number of aliphatic hydroxyl groups is 5. The lowest BCUT2D eigenvalue weighted by Gasteiger charge is -2.41. The van der Waals surface area contributed by atoms with E-state index in [1.54, 1.807) is 0 Å². The summed E-state index contributed by atoms with van der Waals surface area (Å²) < 4.78 is 33.5. The summed E-state index contributed by atoms with van der Waals surface area (Å²) in [5.74, 6) is -1.17. The van der Waals surface area contributed by atoms with Crippen LogP contribution in [0.5, 0.6) is 0 Å². The first-order chi connectivity index (χ1) is 29.4. The maximum atomic E-state index is 12.8. The molecule has 1 aliphatic carbocycles. The van der Waals surface area contributed by atoms with Gasteiger partial charge in [-0.1, -0.05) is 145 Å². The van der Waals surface area contributed by atoms with E-state index in [4.69, 9.17) is 18.5 Å². The third kappa shape index (κ3) is 29.5. The minimum Gasteiger partial charge on any atom is -0.462 e. The van der Waals surface area contributed by atoms with Crippen LogP contribution in [0.25, 0.3) is 0 Å². The van der Waals surface area contributed by atoms with Crippen LogP contribution in [0.1, 0.15) is 168 Å². The van der Waals surface area contributed by atoms with Crippen molar-refractivity contribution in [2.75, 3.05) is 13.2 Å². The molecule has 0 aliphatic heterocycles. The molecule has 0 aromatic heterocycles. The fourth-order valence-electron chi connectivity index (χ4n) is 6.55. The van der Waals surface area contributed by atoms with Gasteiger partial charge in [-0.2, -0.15) is 0 Å². The van der Waals surface area contributed by atoms with Gasteiger partial charge in [-0.05, 0) is 70.6 Å². The van der Waals surface area contributed by atoms with Crippen LogP contribution in [0.3, 0.4) is 0 Å². The molecule has 0 aromatic rings. The largest absolute Gasteiger partial charge is 0.472 e. The molecule has 0 aromatic carbocycles. The number of rotatable bonds is 37. The van der Waals surface area contributed by atoms with Crippen molar-refractivity contribution in [1.29, 1.82) is 0 Å². The molecule has 6 N–H and O–H groups in total. The van der Waals surface area contributed by atoms with Crippen molar-refractivity contribution in [1.82, 2.24) is 0 Å². The molecular formula is C47H81O13P. The Labute approximate surface area is 366 Å². The normalized spacial score (nSPS) is 22.6. The molecule has 6 unspecified atom stereocenters. The lowest BCUT2D eigenvalue weighted by atomic mass is 9.85. The summed E-state index contributed by atoms with van der Waals surface area (Å²) in [6.45, 7) is 3.19. The predicted octanol–water partition coefficient (Wildman–Crippen LogP) is 8.94. The van der Waals surface area contributed by atoms with Crippen molar-refractivity contribution in [2.45, 2.75) is 211 Å². The number of hydrogen-bond donors (Lipinski definition) is 6. The molecule has 1 fully saturated rings. The first-order valence-corrected chi connectivity index (χ1v) is 24.6. The van der Waals surface area contributed by atoms with E-state index in [0.717, 1.165) is 57.8 Å². The fraction of sp³-hybridized carbons (Fsp3) is 0.745. The summed E-state index contributed by atoms with van der Waals surface area (Å²) in [4.78, 5) is 35.7. The molecule has 61 heavy (non-hydrogen) atoms. The van der Waals surface area contributed by atoms with Gasteiger partial charge in [0, 0.05) is 12.8 Å². The molecular weight excluding hydrogens is 803 g/mol. The first-order valence-electron chi connectivity index (χ1n) is 23.1. The monoisotopic (exact) mass is 885 g/mol. The highest BCUT2D eigenvalue weighted by Crippen LogP contribution is 2.47. The molecule has 1 aliphatic rings. The standard InChI is InChI=1S/C47H81O13P/c1-3-5-7-9-11-13-15-17-19-20-22-24-26-28-30-32-34-36-41(49)59-39(38-58-61(55,56)60-47-45(53)43(51)42(50)44(52)46(47)54)37-57-40(48)35-33-31-29-27-25-23-21-18-16-14-12-10-8-6-4-2/h10-13,17,19,22,24,28,30,39,42-47,50-54H,3-9,14-16,18,20-21,23,25-27,29,31-38H2,1-2H3,(H,55,56)/b12-10+,13-11+,19-17+,24-22+,30-28+/t39-,42?,43+,44?,45?,46?,47?/m1/s1. The molecule has 0 spiro atoms. The van der Waals surface area contributed by atoms with E-state index in [-0.39, 0.29) is 12.8 Å². The zero-order valence-corrected chi connectivity index (χ0v) is 38.1. The Morgan fingerprint density at radius 1 is 0.508 bits per heavy atom. The van der Waals surface area contributed by atoms with Crippen molar-refractivity contribution in [2.24, 2.45) is 0 Å². The molecule has 13 nitrogen and oxygen atoms in total. The second kappa shape index (κ2) is 37.0. The van der Waals surface area contributed by atoms with E-state index in [1.165, 1.54) is 64.2 Å². The number of ether oxygens (including phenoxy) is 2. The SMILES string of the molecule is CCCC/C=C/CCCCCCCCCCCC(=O)OC[C@H](COP(=O)(O)OC1C(O)C(O)C(O)[C@H](O)C1O)OC(=O)CCC/C=C/C/C=C/C/C=C/C/C=C/CCCCC. The summed E-state index contributed by atoms with van der Waals surface area (Å²) >= 11 is 0. The molecule has 8 atom stereocenters. The van der Waals surface area contributed by atoms with E-state index >= 15 is 0 Å². The molecule has 0 heterocycles. The highest BCUT2D eigenvalue weighted by atomic mass is 31.2. The van der Waals surface area contributed by atoms with E-state index in [1.807, 2.05) is 12.2 Å². The fourth-order valence-corrected chi connectivity index (χ4v) is 7.53. The Bertz CT molecular complexity index is 1300. The summed E-state index contributed by atoms with van der Waals surface area (Å²) in [6, 6.07) is 0. The van der Waals surface area contributed by atoms with Crippen LogP contribution >= 0.6 is 7.82 Å². The maximum Gasteiger partial charge on any atom is 0.472 e. The molecule has 14 heteroatoms. The number of aliphatic hydroxyl groups excluding tert-OH is 5. The molecule has 0 saturated heterocycles. The Hall–Kier alpha value is -2.45. The smallest absolute Gasteiger partial charge is 0.462 e. The van der Waals surface area contributed by atoms with E-state index in [2.05, 4.69) is 62.5 Å². The average molecular weight is 885 g/mol. The second-order valence-electron chi connectivity index (χ2n) is 15.9. The molecule has 1 rings (SSSR count). The number of unbranched alkanes of at least 4 members (excludes halogenated alkanes) is 15. The number of esters is 2. The summed E-state index contributed by atoms with van der Waals surface area (Å²) in [5.41, 5.74) is 0. The summed E-state index contributed by atoms with van der Waals surface area (Å²) in [6.07, 6.45) is 31.3. The van der Waals surface area contributed by atoms with Gasteiger partial charge >= 0.3 is 19.8 Å². The first kappa shape index (κ1) is 56.6. The number of allylic oxidation sites excluding steroid dienone is 10. The Kier molecular flexibility index (Phi) is 34.3. The minimum absolute atomic E-state index is 0.0186. The van der Waals surface area contributed by atoms with Crippen LogP contribution < -0.4 is 0 Å². The van der Waals surface area contributed by atoms with Crippen molar-refractivity contribution < 1.29 is 63.1 Å². The van der Waals surface area contributed by atoms with Gasteiger partial charge in [0.2, 0.25) is 0 Å². The van der Waals surface area contributed by atoms with Crippen molar-refractivity contribution >= 4 is 19.8 Å². The molecule has 352 valence electrons. The predicted molar refractivity (Wildman–Crippen MR) is 239 cm³/mol. The lowest BCUT2D eigenvalue weighted by Crippen LogP contribution is -2.64. The molecule has 1 saturated carbocycles. The number of carbonyl (C=O) groups excluding carboxylic acids is 2. The van der Waals surface area contributed by atoms with Crippen LogP contribution in [0, 0.1) is 0 Å². The Morgan fingerprint density at radius 3 is 1.46 bits per heavy atom. The highest BCUT2D eigenvalue weighted by molar-refractivity contribution is 7.47. The molecule has 0 bridgehead atoms. The maximum absolute atomic E-state index is 12.8. The van der Waals surface area contributed by atoms with Gasteiger partial charge in [0.15, 0.2) is 6.10 Å². The Morgan fingerprint density at radius 2 is 0.918 bits per heavy atom. The van der Waals surface area contributed by atoms with Crippen LogP contribution in [0.4, 0.5) is 0 Å². The van der Waals surface area contributed by atoms with Gasteiger partial charge in [-0.25, -0.2) is 4.57 Å². The third-order valence-electron chi connectivity index (χ3n) is 10.3. The quantitative estimate of drug-likeness (QED) is 0.0149. The average Bonchev–Trinajstić information content (AvgIpc) is 3.24. The number of phosphoric acid groups is 1.